The number of aromatic nitrogens is 1. The normalized spacial score (nSPS) is 21.1. The van der Waals surface area contributed by atoms with E-state index in [9.17, 15) is 18.0 Å². The Balaban J connectivity index is 1.36. The minimum atomic E-state index is -4.34. The highest BCUT2D eigenvalue weighted by atomic mass is 19.4. The summed E-state index contributed by atoms with van der Waals surface area (Å²) in [4.78, 5) is 22.9. The third-order valence-electron chi connectivity index (χ3n) is 5.99. The van der Waals surface area contributed by atoms with E-state index in [2.05, 4.69) is 9.88 Å². The summed E-state index contributed by atoms with van der Waals surface area (Å²) >= 11 is 0. The third-order valence-corrected chi connectivity index (χ3v) is 5.99. The van der Waals surface area contributed by atoms with Crippen molar-refractivity contribution in [3.05, 3.63) is 47.7 Å². The number of amides is 1. The van der Waals surface area contributed by atoms with Crippen molar-refractivity contribution < 1.29 is 22.4 Å². The number of halogens is 3. The molecule has 2 aromatic rings. The van der Waals surface area contributed by atoms with Crippen molar-refractivity contribution in [2.24, 2.45) is 0 Å². The minimum absolute atomic E-state index is 0.127. The van der Waals surface area contributed by atoms with Gasteiger partial charge in [0, 0.05) is 51.0 Å². The van der Waals surface area contributed by atoms with Gasteiger partial charge in [0.15, 0.2) is 6.39 Å². The summed E-state index contributed by atoms with van der Waals surface area (Å²) in [5.74, 6) is 0.169. The molecule has 0 bridgehead atoms. The van der Waals surface area contributed by atoms with Crippen LogP contribution in [0.5, 0.6) is 0 Å². The molecule has 0 radical (unpaired) electrons. The second-order valence-corrected chi connectivity index (χ2v) is 7.89. The number of piperidine rings is 1. The van der Waals surface area contributed by atoms with Gasteiger partial charge in [-0.2, -0.15) is 13.2 Å². The van der Waals surface area contributed by atoms with Crippen LogP contribution in [0.2, 0.25) is 0 Å². The fraction of sp³-hybridized carbons (Fsp3) is 0.524. The molecule has 9 heteroatoms. The molecule has 2 saturated heterocycles. The summed E-state index contributed by atoms with van der Waals surface area (Å²) < 4.78 is 44.3. The zero-order valence-electron chi connectivity index (χ0n) is 16.9. The summed E-state index contributed by atoms with van der Waals surface area (Å²) in [6.07, 6.45) is -1.13. The van der Waals surface area contributed by atoms with E-state index in [1.54, 1.807) is 13.0 Å². The van der Waals surface area contributed by atoms with Gasteiger partial charge in [-0.3, -0.25) is 9.69 Å². The molecule has 4 rings (SSSR count). The first-order valence-corrected chi connectivity index (χ1v) is 10.2. The monoisotopic (exact) mass is 422 g/mol. The first-order chi connectivity index (χ1) is 14.3. The van der Waals surface area contributed by atoms with Gasteiger partial charge in [0.05, 0.1) is 11.3 Å². The number of piperazine rings is 1. The molecule has 30 heavy (non-hydrogen) atoms. The zero-order valence-corrected chi connectivity index (χ0v) is 16.9. The Morgan fingerprint density at radius 1 is 1.17 bits per heavy atom. The molecule has 0 N–H and O–H groups in total. The lowest BCUT2D eigenvalue weighted by atomic mass is 10.0. The predicted octanol–water partition coefficient (Wildman–Crippen LogP) is 3.43. The standard InChI is InChI=1S/C21H25F3N4O2/c1-15-19(30-14-25-15)20(29)28-7-3-6-18(13-28)27-10-8-26(9-11-27)17-5-2-4-16(12-17)21(22,23)24/h2,4-5,12,14,18H,3,6-11,13H2,1H3/t18-/m0/s1. The fourth-order valence-corrected chi connectivity index (χ4v) is 4.31. The number of carbonyl (C=O) groups is 1. The molecule has 1 aromatic heterocycles. The lowest BCUT2D eigenvalue weighted by molar-refractivity contribution is -0.137. The number of rotatable bonds is 3. The Morgan fingerprint density at radius 3 is 2.60 bits per heavy atom. The molecule has 0 aliphatic carbocycles. The second-order valence-electron chi connectivity index (χ2n) is 7.89. The Morgan fingerprint density at radius 2 is 1.93 bits per heavy atom. The Bertz CT molecular complexity index is 890. The average Bonchev–Trinajstić information content (AvgIpc) is 3.19. The molecule has 1 amide bonds. The van der Waals surface area contributed by atoms with Crippen molar-refractivity contribution in [2.45, 2.75) is 32.0 Å². The number of aryl methyl sites for hydroxylation is 1. The van der Waals surface area contributed by atoms with Crippen molar-refractivity contribution in [3.8, 4) is 0 Å². The number of anilines is 1. The van der Waals surface area contributed by atoms with Crippen molar-refractivity contribution in [1.29, 1.82) is 0 Å². The maximum Gasteiger partial charge on any atom is 0.416 e. The second kappa shape index (κ2) is 8.29. The molecule has 0 saturated carbocycles. The molecule has 2 fully saturated rings. The van der Waals surface area contributed by atoms with Crippen LogP contribution in [0, 0.1) is 6.92 Å². The SMILES string of the molecule is Cc1ncoc1C(=O)N1CCC[C@H](N2CCN(c3cccc(C(F)(F)F)c3)CC2)C1. The first kappa shape index (κ1) is 20.7. The van der Waals surface area contributed by atoms with Crippen LogP contribution in [0.3, 0.4) is 0 Å². The van der Waals surface area contributed by atoms with E-state index in [4.69, 9.17) is 4.42 Å². The van der Waals surface area contributed by atoms with Crippen LogP contribution in [-0.4, -0.2) is 66.0 Å². The van der Waals surface area contributed by atoms with E-state index >= 15 is 0 Å². The average molecular weight is 422 g/mol. The van der Waals surface area contributed by atoms with Gasteiger partial charge in [0.2, 0.25) is 5.76 Å². The van der Waals surface area contributed by atoms with Crippen LogP contribution in [0.4, 0.5) is 18.9 Å². The number of hydrogen-bond donors (Lipinski definition) is 0. The number of oxazole rings is 1. The summed E-state index contributed by atoms with van der Waals surface area (Å²) in [7, 11) is 0. The zero-order chi connectivity index (χ0) is 21.3. The van der Waals surface area contributed by atoms with Crippen LogP contribution < -0.4 is 4.90 Å². The third kappa shape index (κ3) is 4.30. The fourth-order valence-electron chi connectivity index (χ4n) is 4.31. The van der Waals surface area contributed by atoms with Gasteiger partial charge in [-0.15, -0.1) is 0 Å². The summed E-state index contributed by atoms with van der Waals surface area (Å²) in [6, 6.07) is 5.75. The van der Waals surface area contributed by atoms with E-state index in [-0.39, 0.29) is 11.9 Å². The van der Waals surface area contributed by atoms with Gasteiger partial charge >= 0.3 is 6.18 Å². The molecule has 2 aliphatic rings. The smallest absolute Gasteiger partial charge is 0.416 e. The van der Waals surface area contributed by atoms with E-state index in [1.165, 1.54) is 18.5 Å². The van der Waals surface area contributed by atoms with Crippen molar-refractivity contribution in [1.82, 2.24) is 14.8 Å². The van der Waals surface area contributed by atoms with Gasteiger partial charge in [-0.05, 0) is 38.0 Å². The van der Waals surface area contributed by atoms with Crippen LogP contribution in [-0.2, 0) is 6.18 Å². The number of likely N-dealkylation sites (tertiary alicyclic amines) is 1. The van der Waals surface area contributed by atoms with Crippen LogP contribution in [0.25, 0.3) is 0 Å². The van der Waals surface area contributed by atoms with E-state index < -0.39 is 11.7 Å². The van der Waals surface area contributed by atoms with Crippen LogP contribution in [0.15, 0.2) is 35.1 Å². The molecule has 1 aromatic carbocycles. The Kier molecular flexibility index (Phi) is 5.73. The van der Waals surface area contributed by atoms with Crippen molar-refractivity contribution >= 4 is 11.6 Å². The molecule has 0 unspecified atom stereocenters. The molecule has 1 atom stereocenters. The largest absolute Gasteiger partial charge is 0.438 e. The van der Waals surface area contributed by atoms with Gasteiger partial charge < -0.3 is 14.2 Å². The number of nitrogens with zero attached hydrogens (tertiary/aromatic N) is 4. The number of alkyl halides is 3. The highest BCUT2D eigenvalue weighted by molar-refractivity contribution is 5.92. The highest BCUT2D eigenvalue weighted by Crippen LogP contribution is 2.32. The highest BCUT2D eigenvalue weighted by Gasteiger charge is 2.33. The number of hydrogen-bond acceptors (Lipinski definition) is 5. The maximum absolute atomic E-state index is 13.0. The molecule has 162 valence electrons. The van der Waals surface area contributed by atoms with Crippen molar-refractivity contribution in [2.75, 3.05) is 44.2 Å². The molecule has 0 spiro atoms. The maximum atomic E-state index is 13.0. The van der Waals surface area contributed by atoms with E-state index in [1.807, 2.05) is 9.80 Å². The summed E-state index contributed by atoms with van der Waals surface area (Å²) in [6.45, 7) is 5.90. The lowest BCUT2D eigenvalue weighted by Gasteiger charge is -2.43. The van der Waals surface area contributed by atoms with Gasteiger partial charge in [-0.25, -0.2) is 4.98 Å². The van der Waals surface area contributed by atoms with Crippen molar-refractivity contribution in [3.63, 3.8) is 0 Å². The van der Waals surface area contributed by atoms with E-state index in [0.717, 1.165) is 32.0 Å². The lowest BCUT2D eigenvalue weighted by Crippen LogP contribution is -2.55. The Hall–Kier alpha value is -2.55. The first-order valence-electron chi connectivity index (χ1n) is 10.2. The summed E-state index contributed by atoms with van der Waals surface area (Å²) in [5.41, 5.74) is 0.578. The quantitative estimate of drug-likeness (QED) is 0.759. The number of benzene rings is 1. The molecule has 2 aliphatic heterocycles. The molecular weight excluding hydrogens is 397 g/mol. The number of carbonyl (C=O) groups excluding carboxylic acids is 1. The van der Waals surface area contributed by atoms with Crippen LogP contribution in [0.1, 0.15) is 34.7 Å². The molecule has 6 nitrogen and oxygen atoms in total. The predicted molar refractivity (Wildman–Crippen MR) is 105 cm³/mol. The molecular formula is C21H25F3N4O2. The molecule has 3 heterocycles. The van der Waals surface area contributed by atoms with Gasteiger partial charge in [0.25, 0.3) is 5.91 Å². The van der Waals surface area contributed by atoms with E-state index in [0.29, 0.717) is 43.3 Å². The van der Waals surface area contributed by atoms with Gasteiger partial charge in [-0.1, -0.05) is 6.07 Å². The topological polar surface area (TPSA) is 52.8 Å². The Labute approximate surface area is 173 Å². The minimum Gasteiger partial charge on any atom is -0.438 e. The van der Waals surface area contributed by atoms with Gasteiger partial charge in [0.1, 0.15) is 0 Å². The summed E-state index contributed by atoms with van der Waals surface area (Å²) in [5, 5.41) is 0. The van der Waals surface area contributed by atoms with Crippen LogP contribution >= 0.6 is 0 Å².